The van der Waals surface area contributed by atoms with Gasteiger partial charge in [0.1, 0.15) is 23.8 Å². The molecule has 2 saturated heterocycles. The molecule has 0 amide bonds. The predicted octanol–water partition coefficient (Wildman–Crippen LogP) is 9.46. The number of likely N-dealkylation sites (tertiary alicyclic amines) is 2. The van der Waals surface area contributed by atoms with Gasteiger partial charge in [0.25, 0.3) is 0 Å². The number of halogens is 2. The molecule has 4 aromatic rings. The lowest BCUT2D eigenvalue weighted by Gasteiger charge is -2.41. The molecular weight excluding hydrogens is 835 g/mol. The molecule has 0 saturated carbocycles. The first-order valence-electron chi connectivity index (χ1n) is 24.6. The van der Waals surface area contributed by atoms with E-state index < -0.39 is 0 Å². The number of para-hydroxylation sites is 2. The third kappa shape index (κ3) is 9.77. The summed E-state index contributed by atoms with van der Waals surface area (Å²) in [6.45, 7) is 14.2. The minimum absolute atomic E-state index is 0.174. The SMILES string of the molecule is CC(=O)OC(CCCN1CCC2C(C1)c1cccc3c1N2CCN3C)c1ccc(F)cc1.CCCC(=O)OC(CCCN1CCC2C(C1)c1cccc3c1N2CCN3C)c1ccc(F)cc1. The van der Waals surface area contributed by atoms with Crippen LogP contribution in [-0.2, 0) is 19.1 Å². The van der Waals surface area contributed by atoms with Crippen molar-refractivity contribution in [3.05, 3.63) is 119 Å². The molecule has 0 radical (unpaired) electrons. The Morgan fingerprint density at radius 1 is 0.621 bits per heavy atom. The van der Waals surface area contributed by atoms with Crippen molar-refractivity contribution in [2.45, 2.75) is 101 Å². The van der Waals surface area contributed by atoms with E-state index in [1.54, 1.807) is 24.3 Å². The van der Waals surface area contributed by atoms with E-state index in [1.807, 2.05) is 6.92 Å². The van der Waals surface area contributed by atoms with Crippen molar-refractivity contribution in [3.8, 4) is 0 Å². The summed E-state index contributed by atoms with van der Waals surface area (Å²) in [6, 6.07) is 27.5. The van der Waals surface area contributed by atoms with Crippen LogP contribution in [0.4, 0.5) is 31.5 Å². The number of nitrogens with zero attached hydrogens (tertiary/aromatic N) is 6. The number of carbonyl (C=O) groups is 2. The van der Waals surface area contributed by atoms with Gasteiger partial charge in [0.15, 0.2) is 0 Å². The minimum Gasteiger partial charge on any atom is -0.458 e. The van der Waals surface area contributed by atoms with Crippen molar-refractivity contribution < 1.29 is 27.8 Å². The molecule has 12 heteroatoms. The Labute approximate surface area is 390 Å². The quantitative estimate of drug-likeness (QED) is 0.114. The van der Waals surface area contributed by atoms with Crippen LogP contribution in [0.15, 0.2) is 84.9 Å². The van der Waals surface area contributed by atoms with Gasteiger partial charge in [-0.2, -0.15) is 0 Å². The zero-order valence-electron chi connectivity index (χ0n) is 39.3. The zero-order chi connectivity index (χ0) is 45.9. The van der Waals surface area contributed by atoms with E-state index in [0.29, 0.717) is 30.3 Å². The highest BCUT2D eigenvalue weighted by Crippen LogP contribution is 2.52. The van der Waals surface area contributed by atoms with Crippen LogP contribution in [-0.4, -0.2) is 113 Å². The highest BCUT2D eigenvalue weighted by molar-refractivity contribution is 5.82. The van der Waals surface area contributed by atoms with E-state index in [9.17, 15) is 18.4 Å². The third-order valence-electron chi connectivity index (χ3n) is 15.2. The van der Waals surface area contributed by atoms with Gasteiger partial charge in [0, 0.05) is 104 Å². The smallest absolute Gasteiger partial charge is 0.306 e. The topological polar surface area (TPSA) is 72.0 Å². The Balaban J connectivity index is 0.000000166. The van der Waals surface area contributed by atoms with Crippen molar-refractivity contribution in [1.82, 2.24) is 9.80 Å². The Kier molecular flexibility index (Phi) is 14.2. The third-order valence-corrected chi connectivity index (χ3v) is 15.2. The van der Waals surface area contributed by atoms with Crippen LogP contribution in [0.25, 0.3) is 0 Å². The van der Waals surface area contributed by atoms with Gasteiger partial charge in [0.05, 0.1) is 22.7 Å². The van der Waals surface area contributed by atoms with Crippen molar-refractivity contribution in [1.29, 1.82) is 0 Å². The number of carbonyl (C=O) groups excluding carboxylic acids is 2. The van der Waals surface area contributed by atoms with Crippen LogP contribution < -0.4 is 19.6 Å². The highest BCUT2D eigenvalue weighted by atomic mass is 19.1. The van der Waals surface area contributed by atoms with Gasteiger partial charge in [-0.15, -0.1) is 0 Å². The van der Waals surface area contributed by atoms with Crippen molar-refractivity contribution >= 4 is 34.7 Å². The molecule has 6 aliphatic heterocycles. The van der Waals surface area contributed by atoms with Crippen LogP contribution >= 0.6 is 0 Å². The molecule has 352 valence electrons. The Bertz CT molecular complexity index is 2310. The van der Waals surface area contributed by atoms with E-state index in [2.05, 4.69) is 79.9 Å². The fourth-order valence-electron chi connectivity index (χ4n) is 11.9. The maximum Gasteiger partial charge on any atom is 0.306 e. The normalized spacial score (nSPS) is 22.6. The van der Waals surface area contributed by atoms with Gasteiger partial charge >= 0.3 is 11.9 Å². The number of piperidine rings is 2. The van der Waals surface area contributed by atoms with Crippen molar-refractivity contribution in [2.75, 3.05) is 99.1 Å². The van der Waals surface area contributed by atoms with Crippen LogP contribution in [0.5, 0.6) is 0 Å². The number of hydrogen-bond acceptors (Lipinski definition) is 10. The summed E-state index contributed by atoms with van der Waals surface area (Å²) in [5.41, 5.74) is 10.4. The molecular formula is C54H68F2N6O4. The van der Waals surface area contributed by atoms with Crippen molar-refractivity contribution in [2.24, 2.45) is 0 Å². The largest absolute Gasteiger partial charge is 0.458 e. The molecule has 2 fully saturated rings. The summed E-state index contributed by atoms with van der Waals surface area (Å²) in [5, 5.41) is 0. The molecule has 66 heavy (non-hydrogen) atoms. The molecule has 6 heterocycles. The highest BCUT2D eigenvalue weighted by Gasteiger charge is 2.46. The molecule has 0 aliphatic carbocycles. The van der Waals surface area contributed by atoms with E-state index in [-0.39, 0.29) is 35.8 Å². The number of rotatable bonds is 14. The molecule has 6 atom stereocenters. The summed E-state index contributed by atoms with van der Waals surface area (Å²) >= 11 is 0. The molecule has 6 aliphatic rings. The first-order valence-corrected chi connectivity index (χ1v) is 24.6. The Morgan fingerprint density at radius 2 is 1.08 bits per heavy atom. The van der Waals surface area contributed by atoms with Crippen molar-refractivity contribution in [3.63, 3.8) is 0 Å². The average molecular weight is 903 g/mol. The standard InChI is InChI=1S/C28H36FN3O2.C26H32FN3O2/c1-3-6-27(33)34-26(20-10-12-21(29)13-11-20)9-5-15-31-16-14-24-23(19-31)22-7-4-8-25-28(22)32(24)18-17-30(25)2;1-18(31)32-25(19-8-10-20(27)11-9-19)7-4-13-29-14-12-23-22(17-29)21-5-3-6-24-26(21)30(23)16-15-28(24)2/h4,7-8,10-13,23-24,26H,3,5-6,9,14-19H2,1-2H3;3,5-6,8-11,22-23,25H,4,7,12-17H2,1-2H3. The summed E-state index contributed by atoms with van der Waals surface area (Å²) in [5.74, 6) is 0.106. The second-order valence-electron chi connectivity index (χ2n) is 19.4. The predicted molar refractivity (Wildman–Crippen MR) is 259 cm³/mol. The second-order valence-corrected chi connectivity index (χ2v) is 19.4. The summed E-state index contributed by atoms with van der Waals surface area (Å²) < 4.78 is 38.1. The lowest BCUT2D eigenvalue weighted by atomic mass is 9.89. The maximum absolute atomic E-state index is 13.4. The molecule has 0 spiro atoms. The van der Waals surface area contributed by atoms with E-state index in [0.717, 1.165) is 109 Å². The van der Waals surface area contributed by atoms with E-state index in [4.69, 9.17) is 9.47 Å². The van der Waals surface area contributed by atoms with Gasteiger partial charge in [-0.25, -0.2) is 8.78 Å². The molecule has 0 N–H and O–H groups in total. The first kappa shape index (κ1) is 45.9. The van der Waals surface area contributed by atoms with Crippen LogP contribution in [0.3, 0.4) is 0 Å². The molecule has 6 unspecified atom stereocenters. The van der Waals surface area contributed by atoms with Gasteiger partial charge in [0.2, 0.25) is 0 Å². The number of ether oxygens (including phenoxy) is 2. The first-order chi connectivity index (χ1) is 32.1. The number of anilines is 4. The average Bonchev–Trinajstić information content (AvgIpc) is 3.81. The number of benzene rings is 4. The Morgan fingerprint density at radius 3 is 1.52 bits per heavy atom. The second kappa shape index (κ2) is 20.3. The monoisotopic (exact) mass is 903 g/mol. The van der Waals surface area contributed by atoms with Gasteiger partial charge in [-0.05, 0) is 117 Å². The zero-order valence-corrected chi connectivity index (χ0v) is 39.3. The number of hydrogen-bond donors (Lipinski definition) is 0. The Hall–Kier alpha value is -5.20. The lowest BCUT2D eigenvalue weighted by Crippen LogP contribution is -2.49. The van der Waals surface area contributed by atoms with E-state index >= 15 is 0 Å². The fraction of sp³-hybridized carbons (Fsp3) is 0.519. The molecule has 10 nitrogen and oxygen atoms in total. The van der Waals surface area contributed by atoms with Crippen LogP contribution in [0.1, 0.15) is 112 Å². The van der Waals surface area contributed by atoms with Gasteiger partial charge in [-0.1, -0.05) is 55.5 Å². The minimum atomic E-state index is -0.319. The van der Waals surface area contributed by atoms with Gasteiger partial charge in [-0.3, -0.25) is 9.59 Å². The lowest BCUT2D eigenvalue weighted by molar-refractivity contribution is -0.150. The number of likely N-dealkylation sites (N-methyl/N-ethyl adjacent to an activating group) is 2. The molecule has 10 rings (SSSR count). The summed E-state index contributed by atoms with van der Waals surface area (Å²) in [4.78, 5) is 39.1. The summed E-state index contributed by atoms with van der Waals surface area (Å²) in [6.07, 6.45) is 6.30. The van der Waals surface area contributed by atoms with Gasteiger partial charge < -0.3 is 38.9 Å². The summed E-state index contributed by atoms with van der Waals surface area (Å²) in [7, 11) is 4.40. The van der Waals surface area contributed by atoms with E-state index in [1.165, 1.54) is 77.9 Å². The van der Waals surface area contributed by atoms with Crippen LogP contribution in [0.2, 0.25) is 0 Å². The number of fused-ring (bicyclic) bond motifs is 6. The maximum atomic E-state index is 13.4. The molecule has 0 bridgehead atoms. The van der Waals surface area contributed by atoms with Crippen LogP contribution in [0, 0.1) is 11.6 Å². The number of esters is 2. The molecule has 4 aromatic carbocycles. The molecule has 0 aromatic heterocycles. The fourth-order valence-corrected chi connectivity index (χ4v) is 11.9.